The first-order chi connectivity index (χ1) is 10.9. The fraction of sp³-hybridized carbons (Fsp3) is 0.353. The molecular weight excluding hydrogens is 314 g/mol. The van der Waals surface area contributed by atoms with E-state index in [0.717, 1.165) is 11.1 Å². The van der Waals surface area contributed by atoms with Crippen molar-refractivity contribution in [3.63, 3.8) is 0 Å². The zero-order valence-corrected chi connectivity index (χ0v) is 14.1. The number of carbonyl (C=O) groups is 1. The van der Waals surface area contributed by atoms with Gasteiger partial charge < -0.3 is 10.4 Å². The van der Waals surface area contributed by atoms with E-state index < -0.39 is 12.0 Å². The summed E-state index contributed by atoms with van der Waals surface area (Å²) in [6.45, 7) is 5.87. The largest absolute Gasteiger partial charge is 0.387 e. The summed E-state index contributed by atoms with van der Waals surface area (Å²) in [6, 6.07) is 7.50. The van der Waals surface area contributed by atoms with Gasteiger partial charge in [-0.05, 0) is 18.1 Å². The van der Waals surface area contributed by atoms with Gasteiger partial charge in [0.05, 0.1) is 17.3 Å². The van der Waals surface area contributed by atoms with Crippen LogP contribution in [0.4, 0.5) is 0 Å². The van der Waals surface area contributed by atoms with Gasteiger partial charge in [0.1, 0.15) is 11.5 Å². The first-order valence-corrected chi connectivity index (χ1v) is 7.82. The van der Waals surface area contributed by atoms with Crippen molar-refractivity contribution in [2.45, 2.75) is 32.8 Å². The van der Waals surface area contributed by atoms with E-state index in [0.29, 0.717) is 5.82 Å². The molecule has 1 heterocycles. The smallest absolute Gasteiger partial charge is 0.271 e. The molecule has 0 saturated carbocycles. The normalized spacial score (nSPS) is 12.3. The number of hydrogen-bond donors (Lipinski definition) is 2. The molecule has 0 spiro atoms. The lowest BCUT2D eigenvalue weighted by Crippen LogP contribution is -2.30. The van der Waals surface area contributed by atoms with E-state index >= 15 is 0 Å². The molecule has 2 aromatic rings. The number of aromatic nitrogens is 2. The second-order valence-corrected chi connectivity index (χ2v) is 6.07. The maximum Gasteiger partial charge on any atom is 0.271 e. The first kappa shape index (κ1) is 17.4. The number of aryl methyl sites for hydroxylation is 1. The number of hydrogen-bond acceptors (Lipinski definition) is 4. The molecule has 122 valence electrons. The summed E-state index contributed by atoms with van der Waals surface area (Å²) in [5.74, 6) is 0.224. The van der Waals surface area contributed by atoms with Gasteiger partial charge in [-0.25, -0.2) is 9.97 Å². The number of halogens is 1. The van der Waals surface area contributed by atoms with Crippen molar-refractivity contribution < 1.29 is 9.90 Å². The summed E-state index contributed by atoms with van der Waals surface area (Å²) in [6.07, 6.45) is 0.640. The standard InChI is InChI=1S/C17H20ClN3O2/c1-10(2)16-19-8-13(18)15(21-16)17(23)20-9-14(22)12-7-5-4-6-11(12)3/h4-8,10,14,22H,9H2,1-3H3,(H,20,23). The molecule has 0 aliphatic heterocycles. The second kappa shape index (κ2) is 7.53. The second-order valence-electron chi connectivity index (χ2n) is 5.66. The highest BCUT2D eigenvalue weighted by atomic mass is 35.5. The van der Waals surface area contributed by atoms with Crippen LogP contribution in [0.2, 0.25) is 5.02 Å². The van der Waals surface area contributed by atoms with Gasteiger partial charge in [0.2, 0.25) is 0 Å². The Balaban J connectivity index is 2.08. The minimum atomic E-state index is -0.787. The lowest BCUT2D eigenvalue weighted by molar-refractivity contribution is 0.0910. The zero-order valence-electron chi connectivity index (χ0n) is 13.4. The molecule has 0 fully saturated rings. The highest BCUT2D eigenvalue weighted by Crippen LogP contribution is 2.18. The van der Waals surface area contributed by atoms with Crippen LogP contribution in [-0.2, 0) is 0 Å². The number of nitrogens with zero attached hydrogens (tertiary/aromatic N) is 2. The Morgan fingerprint density at radius 3 is 2.70 bits per heavy atom. The van der Waals surface area contributed by atoms with Gasteiger partial charge in [-0.2, -0.15) is 0 Å². The van der Waals surface area contributed by atoms with Crippen LogP contribution >= 0.6 is 11.6 Å². The minimum Gasteiger partial charge on any atom is -0.387 e. The van der Waals surface area contributed by atoms with Crippen LogP contribution in [0.5, 0.6) is 0 Å². The predicted octanol–water partition coefficient (Wildman–Crippen LogP) is 3.03. The number of aliphatic hydroxyl groups excluding tert-OH is 1. The summed E-state index contributed by atoms with van der Waals surface area (Å²) < 4.78 is 0. The maximum absolute atomic E-state index is 12.3. The Morgan fingerprint density at radius 1 is 1.35 bits per heavy atom. The summed E-state index contributed by atoms with van der Waals surface area (Å²) in [5, 5.41) is 13.1. The Bertz CT molecular complexity index is 704. The molecular formula is C17H20ClN3O2. The number of carbonyl (C=O) groups excluding carboxylic acids is 1. The lowest BCUT2D eigenvalue weighted by atomic mass is 10.0. The van der Waals surface area contributed by atoms with E-state index in [1.807, 2.05) is 45.0 Å². The van der Waals surface area contributed by atoms with Crippen molar-refractivity contribution in [1.82, 2.24) is 15.3 Å². The van der Waals surface area contributed by atoms with Gasteiger partial charge in [0, 0.05) is 12.5 Å². The summed E-state index contributed by atoms with van der Waals surface area (Å²) in [7, 11) is 0. The number of aliphatic hydroxyl groups is 1. The van der Waals surface area contributed by atoms with Crippen LogP contribution in [0, 0.1) is 6.92 Å². The van der Waals surface area contributed by atoms with E-state index in [9.17, 15) is 9.90 Å². The molecule has 0 saturated heterocycles. The highest BCUT2D eigenvalue weighted by Gasteiger charge is 2.17. The zero-order chi connectivity index (χ0) is 17.0. The van der Waals surface area contributed by atoms with Crippen LogP contribution < -0.4 is 5.32 Å². The van der Waals surface area contributed by atoms with Gasteiger partial charge in [0.15, 0.2) is 0 Å². The van der Waals surface area contributed by atoms with Crippen molar-refractivity contribution >= 4 is 17.5 Å². The van der Waals surface area contributed by atoms with Crippen molar-refractivity contribution in [3.05, 3.63) is 58.1 Å². The molecule has 1 aromatic heterocycles. The average molecular weight is 334 g/mol. The molecule has 23 heavy (non-hydrogen) atoms. The Labute approximate surface area is 140 Å². The Morgan fingerprint density at radius 2 is 2.04 bits per heavy atom. The monoisotopic (exact) mass is 333 g/mol. The molecule has 1 atom stereocenters. The van der Waals surface area contributed by atoms with E-state index in [2.05, 4.69) is 15.3 Å². The number of benzene rings is 1. The summed E-state index contributed by atoms with van der Waals surface area (Å²) in [4.78, 5) is 20.6. The molecule has 1 amide bonds. The summed E-state index contributed by atoms with van der Waals surface area (Å²) in [5.41, 5.74) is 1.88. The van der Waals surface area contributed by atoms with Gasteiger partial charge >= 0.3 is 0 Å². The van der Waals surface area contributed by atoms with E-state index in [1.54, 1.807) is 0 Å². The molecule has 6 heteroatoms. The number of rotatable bonds is 5. The fourth-order valence-electron chi connectivity index (χ4n) is 2.16. The molecule has 2 rings (SSSR count). The van der Waals surface area contributed by atoms with Crippen molar-refractivity contribution in [2.24, 2.45) is 0 Å². The molecule has 0 aliphatic carbocycles. The van der Waals surface area contributed by atoms with Crippen LogP contribution in [-0.4, -0.2) is 27.5 Å². The Hall–Kier alpha value is -1.98. The van der Waals surface area contributed by atoms with Gasteiger partial charge in [-0.15, -0.1) is 0 Å². The molecule has 1 aromatic carbocycles. The quantitative estimate of drug-likeness (QED) is 0.882. The third-order valence-corrected chi connectivity index (χ3v) is 3.77. The van der Waals surface area contributed by atoms with E-state index in [1.165, 1.54) is 6.20 Å². The van der Waals surface area contributed by atoms with Gasteiger partial charge in [-0.3, -0.25) is 4.79 Å². The lowest BCUT2D eigenvalue weighted by Gasteiger charge is -2.15. The number of nitrogens with one attached hydrogen (secondary N) is 1. The third kappa shape index (κ3) is 4.27. The first-order valence-electron chi connectivity index (χ1n) is 7.44. The van der Waals surface area contributed by atoms with Gasteiger partial charge in [-0.1, -0.05) is 49.7 Å². The molecule has 0 aliphatic rings. The average Bonchev–Trinajstić information content (AvgIpc) is 2.53. The maximum atomic E-state index is 12.3. The minimum absolute atomic E-state index is 0.0844. The van der Waals surface area contributed by atoms with Crippen LogP contribution in [0.15, 0.2) is 30.5 Å². The molecule has 2 N–H and O–H groups in total. The summed E-state index contributed by atoms with van der Waals surface area (Å²) >= 11 is 6.00. The Kier molecular flexibility index (Phi) is 5.69. The van der Waals surface area contributed by atoms with Crippen molar-refractivity contribution in [1.29, 1.82) is 0 Å². The molecule has 0 radical (unpaired) electrons. The van der Waals surface area contributed by atoms with Crippen molar-refractivity contribution in [2.75, 3.05) is 6.54 Å². The van der Waals surface area contributed by atoms with Gasteiger partial charge in [0.25, 0.3) is 5.91 Å². The predicted molar refractivity (Wildman–Crippen MR) is 89.6 cm³/mol. The SMILES string of the molecule is Cc1ccccc1C(O)CNC(=O)c1nc(C(C)C)ncc1Cl. The molecule has 0 bridgehead atoms. The van der Waals surface area contributed by atoms with Crippen LogP contribution in [0.25, 0.3) is 0 Å². The molecule has 5 nitrogen and oxygen atoms in total. The van der Waals surface area contributed by atoms with Crippen LogP contribution in [0.3, 0.4) is 0 Å². The topological polar surface area (TPSA) is 75.1 Å². The number of amides is 1. The van der Waals surface area contributed by atoms with E-state index in [4.69, 9.17) is 11.6 Å². The van der Waals surface area contributed by atoms with E-state index in [-0.39, 0.29) is 23.2 Å². The third-order valence-electron chi connectivity index (χ3n) is 3.50. The highest BCUT2D eigenvalue weighted by molar-refractivity contribution is 6.33. The molecule has 1 unspecified atom stereocenters. The fourth-order valence-corrected chi connectivity index (χ4v) is 2.34. The van der Waals surface area contributed by atoms with Crippen LogP contribution in [0.1, 0.15) is 53.3 Å². The van der Waals surface area contributed by atoms with Crippen molar-refractivity contribution in [3.8, 4) is 0 Å².